The Bertz CT molecular complexity index is 557. The molecular weight excluding hydrogens is 250 g/mol. The Morgan fingerprint density at radius 1 is 1.10 bits per heavy atom. The van der Waals surface area contributed by atoms with Crippen LogP contribution in [-0.4, -0.2) is 23.1 Å². The molecule has 0 spiro atoms. The molecule has 0 unspecified atom stereocenters. The van der Waals surface area contributed by atoms with E-state index in [-0.39, 0.29) is 0 Å². The van der Waals surface area contributed by atoms with Crippen LogP contribution < -0.4 is 10.1 Å². The highest BCUT2D eigenvalue weighted by molar-refractivity contribution is 5.47. The van der Waals surface area contributed by atoms with Gasteiger partial charge in [0.1, 0.15) is 17.9 Å². The van der Waals surface area contributed by atoms with Gasteiger partial charge < -0.3 is 10.1 Å². The predicted molar refractivity (Wildman–Crippen MR) is 79.1 cm³/mol. The van der Waals surface area contributed by atoms with Crippen LogP contribution in [0.2, 0.25) is 0 Å². The quantitative estimate of drug-likeness (QED) is 0.819. The minimum Gasteiger partial charge on any atom is -0.494 e. The molecule has 2 aromatic rings. The average Bonchev–Trinajstić information content (AvgIpc) is 2.97. The smallest absolute Gasteiger partial charge is 0.132 e. The molecule has 0 fully saturated rings. The van der Waals surface area contributed by atoms with Gasteiger partial charge in [0.2, 0.25) is 0 Å². The van der Waals surface area contributed by atoms with Gasteiger partial charge in [0.25, 0.3) is 0 Å². The minimum absolute atomic E-state index is 0.713. The fourth-order valence-electron chi connectivity index (χ4n) is 2.50. The summed E-state index contributed by atoms with van der Waals surface area (Å²) < 4.78 is 5.66. The highest BCUT2D eigenvalue weighted by Crippen LogP contribution is 2.24. The summed E-state index contributed by atoms with van der Waals surface area (Å²) in [4.78, 5) is 8.67. The Morgan fingerprint density at radius 2 is 2.00 bits per heavy atom. The number of rotatable bonds is 6. The molecule has 1 aliphatic rings. The van der Waals surface area contributed by atoms with Gasteiger partial charge in [0.05, 0.1) is 6.61 Å². The molecule has 1 aliphatic carbocycles. The Balaban J connectivity index is 1.43. The van der Waals surface area contributed by atoms with Crippen molar-refractivity contribution in [2.45, 2.75) is 25.7 Å². The molecule has 4 nitrogen and oxygen atoms in total. The molecule has 1 N–H and O–H groups in total. The third-order valence-corrected chi connectivity index (χ3v) is 3.50. The van der Waals surface area contributed by atoms with E-state index in [0.29, 0.717) is 6.61 Å². The van der Waals surface area contributed by atoms with Crippen molar-refractivity contribution in [1.82, 2.24) is 9.97 Å². The number of anilines is 1. The maximum Gasteiger partial charge on any atom is 0.132 e. The number of ether oxygens (including phenoxy) is 1. The molecule has 104 valence electrons. The van der Waals surface area contributed by atoms with Crippen LogP contribution in [0.4, 0.5) is 5.82 Å². The van der Waals surface area contributed by atoms with Crippen molar-refractivity contribution in [3.63, 3.8) is 0 Å². The van der Waals surface area contributed by atoms with Gasteiger partial charge in [-0.3, -0.25) is 0 Å². The molecule has 20 heavy (non-hydrogen) atoms. The molecule has 0 bridgehead atoms. The van der Waals surface area contributed by atoms with E-state index < -0.39 is 0 Å². The van der Waals surface area contributed by atoms with Crippen LogP contribution in [0.25, 0.3) is 0 Å². The third kappa shape index (κ3) is 3.07. The van der Waals surface area contributed by atoms with Gasteiger partial charge in [-0.05, 0) is 37.8 Å². The molecule has 4 heteroatoms. The molecule has 1 aromatic heterocycles. The first kappa shape index (κ1) is 12.9. The second-order valence-corrected chi connectivity index (χ2v) is 4.94. The van der Waals surface area contributed by atoms with Gasteiger partial charge in [-0.2, -0.15) is 0 Å². The number of para-hydroxylation sites is 1. The second kappa shape index (κ2) is 6.37. The lowest BCUT2D eigenvalue weighted by molar-refractivity contribution is 0.315. The van der Waals surface area contributed by atoms with E-state index in [1.165, 1.54) is 17.7 Å². The maximum absolute atomic E-state index is 5.66. The number of nitrogens with one attached hydrogen (secondary N) is 1. The Hall–Kier alpha value is -2.10. The van der Waals surface area contributed by atoms with Crippen LogP contribution in [0.1, 0.15) is 24.1 Å². The second-order valence-electron chi connectivity index (χ2n) is 4.94. The topological polar surface area (TPSA) is 47.0 Å². The van der Waals surface area contributed by atoms with Crippen molar-refractivity contribution in [3.05, 3.63) is 47.9 Å². The maximum atomic E-state index is 5.66. The van der Waals surface area contributed by atoms with Gasteiger partial charge in [-0.25, -0.2) is 9.97 Å². The lowest BCUT2D eigenvalue weighted by atomic mass is 10.2. The van der Waals surface area contributed by atoms with E-state index in [9.17, 15) is 0 Å². The van der Waals surface area contributed by atoms with E-state index in [2.05, 4.69) is 15.3 Å². The molecule has 0 amide bonds. The molecule has 1 aromatic carbocycles. The first-order valence-corrected chi connectivity index (χ1v) is 7.18. The highest BCUT2D eigenvalue weighted by Gasteiger charge is 2.16. The molecule has 0 radical (unpaired) electrons. The lowest BCUT2D eigenvalue weighted by Crippen LogP contribution is -2.10. The average molecular weight is 269 g/mol. The van der Waals surface area contributed by atoms with Crippen LogP contribution in [0, 0.1) is 0 Å². The summed E-state index contributed by atoms with van der Waals surface area (Å²) >= 11 is 0. The zero-order valence-electron chi connectivity index (χ0n) is 11.5. The monoisotopic (exact) mass is 269 g/mol. The summed E-state index contributed by atoms with van der Waals surface area (Å²) in [5.74, 6) is 1.93. The highest BCUT2D eigenvalue weighted by atomic mass is 16.5. The Kier molecular flexibility index (Phi) is 4.11. The summed E-state index contributed by atoms with van der Waals surface area (Å²) in [6.07, 6.45) is 5.99. The van der Waals surface area contributed by atoms with Crippen molar-refractivity contribution in [1.29, 1.82) is 0 Å². The number of aryl methyl sites for hydroxylation is 1. The van der Waals surface area contributed by atoms with Gasteiger partial charge in [0, 0.05) is 17.8 Å². The first-order valence-electron chi connectivity index (χ1n) is 7.18. The fourth-order valence-corrected chi connectivity index (χ4v) is 2.50. The van der Waals surface area contributed by atoms with Crippen molar-refractivity contribution in [2.75, 3.05) is 18.5 Å². The van der Waals surface area contributed by atoms with Crippen LogP contribution in [0.15, 0.2) is 36.7 Å². The SMILES string of the molecule is c1ccc(OCCCNc2ncnc3c2CCC3)cc1. The van der Waals surface area contributed by atoms with Crippen molar-refractivity contribution < 1.29 is 4.74 Å². The summed E-state index contributed by atoms with van der Waals surface area (Å²) in [7, 11) is 0. The largest absolute Gasteiger partial charge is 0.494 e. The zero-order valence-corrected chi connectivity index (χ0v) is 11.5. The van der Waals surface area contributed by atoms with Gasteiger partial charge in [0.15, 0.2) is 0 Å². The van der Waals surface area contributed by atoms with Crippen molar-refractivity contribution >= 4 is 5.82 Å². The van der Waals surface area contributed by atoms with Crippen LogP contribution in [0.3, 0.4) is 0 Å². The summed E-state index contributed by atoms with van der Waals surface area (Å²) in [6, 6.07) is 9.91. The van der Waals surface area contributed by atoms with E-state index >= 15 is 0 Å². The zero-order chi connectivity index (χ0) is 13.6. The number of aromatic nitrogens is 2. The molecule has 1 heterocycles. The lowest BCUT2D eigenvalue weighted by Gasteiger charge is -2.10. The summed E-state index contributed by atoms with van der Waals surface area (Å²) in [5.41, 5.74) is 2.51. The molecule has 3 rings (SSSR count). The molecule has 0 atom stereocenters. The normalized spacial score (nSPS) is 13.0. The van der Waals surface area contributed by atoms with Crippen LogP contribution in [-0.2, 0) is 12.8 Å². The standard InChI is InChI=1S/C16H19N3O/c1-2-6-13(7-3-1)20-11-5-10-17-16-14-8-4-9-15(14)18-12-19-16/h1-3,6-7,12H,4-5,8-11H2,(H,17,18,19). The van der Waals surface area contributed by atoms with E-state index in [0.717, 1.165) is 37.4 Å². The molecule has 0 aliphatic heterocycles. The number of hydrogen-bond donors (Lipinski definition) is 1. The van der Waals surface area contributed by atoms with Gasteiger partial charge >= 0.3 is 0 Å². The minimum atomic E-state index is 0.713. The van der Waals surface area contributed by atoms with E-state index in [1.807, 2.05) is 30.3 Å². The molecule has 0 saturated carbocycles. The van der Waals surface area contributed by atoms with E-state index in [4.69, 9.17) is 4.74 Å². The van der Waals surface area contributed by atoms with Gasteiger partial charge in [-0.15, -0.1) is 0 Å². The molecular formula is C16H19N3O. The first-order chi connectivity index (χ1) is 9.93. The Morgan fingerprint density at radius 3 is 2.90 bits per heavy atom. The molecule has 0 saturated heterocycles. The fraction of sp³-hybridized carbons (Fsp3) is 0.375. The number of nitrogens with zero attached hydrogens (tertiary/aromatic N) is 2. The summed E-state index contributed by atoms with van der Waals surface area (Å²) in [6.45, 7) is 1.58. The van der Waals surface area contributed by atoms with Crippen LogP contribution in [0.5, 0.6) is 5.75 Å². The van der Waals surface area contributed by atoms with Gasteiger partial charge in [-0.1, -0.05) is 18.2 Å². The van der Waals surface area contributed by atoms with Crippen LogP contribution >= 0.6 is 0 Å². The summed E-state index contributed by atoms with van der Waals surface area (Å²) in [5, 5.41) is 3.40. The Labute approximate surface area is 119 Å². The van der Waals surface area contributed by atoms with E-state index in [1.54, 1.807) is 6.33 Å². The third-order valence-electron chi connectivity index (χ3n) is 3.50. The predicted octanol–water partition coefficient (Wildman–Crippen LogP) is 2.85. The van der Waals surface area contributed by atoms with Crippen molar-refractivity contribution in [3.8, 4) is 5.75 Å². The van der Waals surface area contributed by atoms with Crippen molar-refractivity contribution in [2.24, 2.45) is 0 Å². The number of hydrogen-bond acceptors (Lipinski definition) is 4. The number of fused-ring (bicyclic) bond motifs is 1. The number of benzene rings is 1.